The largest absolute Gasteiger partial charge is 0.396 e. The standard InChI is InChI=1S/C22H27N5O/c28-14-18-13-27(21-5-8-23-16-25-21)15-22(18)6-9-26(10-7-22)12-17-11-24-20-4-2-1-3-19(17)20/h1-5,8,11,16,18,24,28H,6-7,9-10,12-15H2/t18-/m1/s1. The third kappa shape index (κ3) is 3.06. The molecule has 2 aliphatic heterocycles. The highest BCUT2D eigenvalue weighted by atomic mass is 16.3. The normalized spacial score (nSPS) is 22.3. The summed E-state index contributed by atoms with van der Waals surface area (Å²) in [6.45, 7) is 5.26. The molecule has 2 saturated heterocycles. The number of H-pyrrole nitrogens is 1. The van der Waals surface area contributed by atoms with Crippen molar-refractivity contribution in [2.24, 2.45) is 11.3 Å². The van der Waals surface area contributed by atoms with Gasteiger partial charge in [-0.1, -0.05) is 18.2 Å². The van der Waals surface area contributed by atoms with Crippen LogP contribution in [-0.4, -0.2) is 57.7 Å². The Bertz CT molecular complexity index is 932. The highest BCUT2D eigenvalue weighted by molar-refractivity contribution is 5.82. The Labute approximate surface area is 165 Å². The van der Waals surface area contributed by atoms with Crippen molar-refractivity contribution >= 4 is 16.7 Å². The van der Waals surface area contributed by atoms with Gasteiger partial charge in [0.1, 0.15) is 12.1 Å². The van der Waals surface area contributed by atoms with Crippen LogP contribution in [0.15, 0.2) is 49.1 Å². The van der Waals surface area contributed by atoms with Crippen LogP contribution in [0.4, 0.5) is 5.82 Å². The quantitative estimate of drug-likeness (QED) is 0.732. The maximum Gasteiger partial charge on any atom is 0.131 e. The zero-order chi connectivity index (χ0) is 19.0. The monoisotopic (exact) mass is 377 g/mol. The van der Waals surface area contributed by atoms with Gasteiger partial charge in [0.05, 0.1) is 0 Å². The molecule has 6 heteroatoms. The van der Waals surface area contributed by atoms with Crippen molar-refractivity contribution < 1.29 is 5.11 Å². The third-order valence-corrected chi connectivity index (χ3v) is 6.84. The van der Waals surface area contributed by atoms with Crippen LogP contribution in [-0.2, 0) is 6.54 Å². The Hall–Kier alpha value is -2.44. The molecular formula is C22H27N5O. The zero-order valence-corrected chi connectivity index (χ0v) is 16.1. The molecule has 5 rings (SSSR count). The number of hydrogen-bond acceptors (Lipinski definition) is 5. The lowest BCUT2D eigenvalue weighted by Crippen LogP contribution is -2.44. The van der Waals surface area contributed by atoms with E-state index < -0.39 is 0 Å². The number of aliphatic hydroxyl groups is 1. The molecule has 2 aliphatic rings. The summed E-state index contributed by atoms with van der Waals surface area (Å²) in [6.07, 6.45) is 7.81. The lowest BCUT2D eigenvalue weighted by molar-refractivity contribution is 0.0508. The van der Waals surface area contributed by atoms with E-state index in [9.17, 15) is 5.11 Å². The molecule has 1 aromatic carbocycles. The molecule has 0 amide bonds. The Morgan fingerprint density at radius 3 is 2.82 bits per heavy atom. The van der Waals surface area contributed by atoms with E-state index in [1.165, 1.54) is 16.5 Å². The fourth-order valence-electron chi connectivity index (χ4n) is 5.16. The Morgan fingerprint density at radius 2 is 2.04 bits per heavy atom. The van der Waals surface area contributed by atoms with Crippen molar-refractivity contribution in [3.63, 3.8) is 0 Å². The number of para-hydroxylation sites is 1. The Kier molecular flexibility index (Phi) is 4.53. The smallest absolute Gasteiger partial charge is 0.131 e. The second kappa shape index (κ2) is 7.18. The molecule has 0 saturated carbocycles. The number of aromatic nitrogens is 3. The molecule has 2 aromatic heterocycles. The van der Waals surface area contributed by atoms with Gasteiger partial charge in [0, 0.05) is 55.5 Å². The number of benzene rings is 1. The molecule has 1 spiro atoms. The lowest BCUT2D eigenvalue weighted by Gasteiger charge is -2.42. The van der Waals surface area contributed by atoms with Gasteiger partial charge in [0.25, 0.3) is 0 Å². The summed E-state index contributed by atoms with van der Waals surface area (Å²) >= 11 is 0. The predicted octanol–water partition coefficient (Wildman–Crippen LogP) is 2.67. The van der Waals surface area contributed by atoms with E-state index in [1.54, 1.807) is 12.5 Å². The third-order valence-electron chi connectivity index (χ3n) is 6.84. The first-order chi connectivity index (χ1) is 13.8. The average Bonchev–Trinajstić information content (AvgIpc) is 3.32. The van der Waals surface area contributed by atoms with Crippen LogP contribution in [0.1, 0.15) is 18.4 Å². The number of rotatable bonds is 4. The molecule has 146 valence electrons. The van der Waals surface area contributed by atoms with Gasteiger partial charge in [-0.2, -0.15) is 0 Å². The molecule has 3 aromatic rings. The van der Waals surface area contributed by atoms with Gasteiger partial charge in [-0.3, -0.25) is 4.90 Å². The van der Waals surface area contributed by atoms with E-state index >= 15 is 0 Å². The van der Waals surface area contributed by atoms with Crippen molar-refractivity contribution in [1.82, 2.24) is 19.9 Å². The summed E-state index contributed by atoms with van der Waals surface area (Å²) < 4.78 is 0. The first kappa shape index (κ1) is 17.6. The first-order valence-electron chi connectivity index (χ1n) is 10.2. The van der Waals surface area contributed by atoms with Gasteiger partial charge in [-0.05, 0) is 49.0 Å². The topological polar surface area (TPSA) is 68.3 Å². The molecule has 1 atom stereocenters. The van der Waals surface area contributed by atoms with Gasteiger partial charge < -0.3 is 15.0 Å². The lowest BCUT2D eigenvalue weighted by atomic mass is 9.71. The summed E-state index contributed by atoms with van der Waals surface area (Å²) in [6, 6.07) is 10.5. The van der Waals surface area contributed by atoms with Crippen molar-refractivity contribution in [3.05, 3.63) is 54.6 Å². The molecule has 2 fully saturated rings. The second-order valence-corrected chi connectivity index (χ2v) is 8.33. The highest BCUT2D eigenvalue weighted by Gasteiger charge is 2.47. The minimum atomic E-state index is 0.191. The van der Waals surface area contributed by atoms with Crippen LogP contribution < -0.4 is 4.90 Å². The number of hydrogen-bond donors (Lipinski definition) is 2. The molecule has 0 bridgehead atoms. The van der Waals surface area contributed by atoms with Gasteiger partial charge in [0.15, 0.2) is 0 Å². The van der Waals surface area contributed by atoms with Gasteiger partial charge in [-0.25, -0.2) is 9.97 Å². The van der Waals surface area contributed by atoms with Crippen LogP contribution in [0, 0.1) is 11.3 Å². The van der Waals surface area contributed by atoms with Crippen molar-refractivity contribution in [2.45, 2.75) is 19.4 Å². The van der Waals surface area contributed by atoms with Crippen LogP contribution in [0.25, 0.3) is 10.9 Å². The number of fused-ring (bicyclic) bond motifs is 1. The summed E-state index contributed by atoms with van der Waals surface area (Å²) in [5.41, 5.74) is 2.78. The molecule has 4 heterocycles. The van der Waals surface area contributed by atoms with Crippen molar-refractivity contribution in [3.8, 4) is 0 Å². The van der Waals surface area contributed by atoms with Crippen molar-refractivity contribution in [1.29, 1.82) is 0 Å². The van der Waals surface area contributed by atoms with E-state index in [-0.39, 0.29) is 12.0 Å². The molecule has 6 nitrogen and oxygen atoms in total. The maximum atomic E-state index is 10.1. The van der Waals surface area contributed by atoms with E-state index in [4.69, 9.17) is 0 Å². The molecule has 28 heavy (non-hydrogen) atoms. The fraction of sp³-hybridized carbons (Fsp3) is 0.455. The van der Waals surface area contributed by atoms with E-state index in [0.717, 1.165) is 51.4 Å². The number of anilines is 1. The molecule has 2 N–H and O–H groups in total. The second-order valence-electron chi connectivity index (χ2n) is 8.33. The summed E-state index contributed by atoms with van der Waals surface area (Å²) in [7, 11) is 0. The minimum Gasteiger partial charge on any atom is -0.396 e. The van der Waals surface area contributed by atoms with Crippen LogP contribution in [0.5, 0.6) is 0 Å². The average molecular weight is 377 g/mol. The number of aliphatic hydroxyl groups excluding tert-OH is 1. The number of aromatic amines is 1. The number of nitrogens with one attached hydrogen (secondary N) is 1. The Morgan fingerprint density at radius 1 is 1.18 bits per heavy atom. The first-order valence-corrected chi connectivity index (χ1v) is 10.2. The summed E-state index contributed by atoms with van der Waals surface area (Å²) in [5.74, 6) is 1.30. The number of piperidine rings is 1. The van der Waals surface area contributed by atoms with Gasteiger partial charge in [-0.15, -0.1) is 0 Å². The van der Waals surface area contributed by atoms with Gasteiger partial charge >= 0.3 is 0 Å². The highest BCUT2D eigenvalue weighted by Crippen LogP contribution is 2.45. The van der Waals surface area contributed by atoms with E-state index in [0.29, 0.717) is 5.92 Å². The maximum absolute atomic E-state index is 10.1. The summed E-state index contributed by atoms with van der Waals surface area (Å²) in [5, 5.41) is 11.4. The molecule has 0 radical (unpaired) electrons. The number of likely N-dealkylation sites (tertiary alicyclic amines) is 1. The SMILES string of the molecule is OC[C@H]1CN(c2ccncn2)CC12CCN(Cc1c[nH]c3ccccc13)CC2. The minimum absolute atomic E-state index is 0.191. The summed E-state index contributed by atoms with van der Waals surface area (Å²) in [4.78, 5) is 16.7. The number of nitrogens with zero attached hydrogens (tertiary/aromatic N) is 4. The van der Waals surface area contributed by atoms with Crippen molar-refractivity contribution in [2.75, 3.05) is 37.7 Å². The van der Waals surface area contributed by atoms with E-state index in [1.807, 2.05) is 6.07 Å². The van der Waals surface area contributed by atoms with Crippen LogP contribution in [0.2, 0.25) is 0 Å². The van der Waals surface area contributed by atoms with Crippen LogP contribution >= 0.6 is 0 Å². The molecule has 0 aliphatic carbocycles. The van der Waals surface area contributed by atoms with E-state index in [2.05, 4.69) is 55.2 Å². The van der Waals surface area contributed by atoms with Crippen LogP contribution in [0.3, 0.4) is 0 Å². The molecular weight excluding hydrogens is 350 g/mol. The molecule has 0 unspecified atom stereocenters. The predicted molar refractivity (Wildman–Crippen MR) is 110 cm³/mol. The fourth-order valence-corrected chi connectivity index (χ4v) is 5.16. The van der Waals surface area contributed by atoms with Gasteiger partial charge in [0.2, 0.25) is 0 Å². The zero-order valence-electron chi connectivity index (χ0n) is 16.1. The Balaban J connectivity index is 1.28.